The van der Waals surface area contributed by atoms with Crippen LogP contribution in [0, 0.1) is 5.92 Å². The zero-order valence-corrected chi connectivity index (χ0v) is 20.4. The molecule has 0 aliphatic carbocycles. The van der Waals surface area contributed by atoms with Gasteiger partial charge in [-0.2, -0.15) is 4.31 Å². The van der Waals surface area contributed by atoms with Crippen LogP contribution in [0.1, 0.15) is 37.8 Å². The predicted molar refractivity (Wildman–Crippen MR) is 124 cm³/mol. The van der Waals surface area contributed by atoms with Gasteiger partial charge in [-0.05, 0) is 61.2 Å². The third-order valence-electron chi connectivity index (χ3n) is 5.64. The van der Waals surface area contributed by atoms with Crippen molar-refractivity contribution in [3.63, 3.8) is 0 Å². The molecule has 2 aromatic rings. The summed E-state index contributed by atoms with van der Waals surface area (Å²) in [5.74, 6) is -0.671. The molecule has 1 aliphatic heterocycles. The van der Waals surface area contributed by atoms with E-state index in [4.69, 9.17) is 11.6 Å². The van der Waals surface area contributed by atoms with Crippen LogP contribution in [0.15, 0.2) is 58.3 Å². The van der Waals surface area contributed by atoms with Crippen LogP contribution in [0.25, 0.3) is 0 Å². The summed E-state index contributed by atoms with van der Waals surface area (Å²) in [6, 6.07) is 12.2. The Labute approximate surface area is 194 Å². The van der Waals surface area contributed by atoms with E-state index >= 15 is 0 Å². The quantitative estimate of drug-likeness (QED) is 0.630. The molecule has 0 bridgehead atoms. The molecule has 1 saturated heterocycles. The van der Waals surface area contributed by atoms with Crippen LogP contribution in [-0.2, 0) is 24.7 Å². The lowest BCUT2D eigenvalue weighted by Gasteiger charge is -2.32. The molecule has 2 aromatic carbocycles. The molecule has 1 fully saturated rings. The summed E-state index contributed by atoms with van der Waals surface area (Å²) < 4.78 is 50.7. The Hall–Kier alpha value is -1.94. The first kappa shape index (κ1) is 24.7. The fraction of sp³-hybridized carbons (Fsp3) is 0.409. The molecule has 7 nitrogen and oxygen atoms in total. The van der Waals surface area contributed by atoms with Crippen molar-refractivity contribution in [2.45, 2.75) is 42.0 Å². The molecule has 0 spiro atoms. The summed E-state index contributed by atoms with van der Waals surface area (Å²) in [5, 5.41) is 3.46. The first-order chi connectivity index (χ1) is 15.0. The highest BCUT2D eigenvalue weighted by Gasteiger charge is 2.34. The van der Waals surface area contributed by atoms with E-state index in [1.807, 2.05) is 6.92 Å². The van der Waals surface area contributed by atoms with Crippen molar-refractivity contribution in [2.75, 3.05) is 19.3 Å². The molecule has 1 amide bonds. The van der Waals surface area contributed by atoms with Crippen LogP contribution >= 0.6 is 11.6 Å². The lowest BCUT2D eigenvalue weighted by Crippen LogP contribution is -2.46. The number of nitrogens with zero attached hydrogens (tertiary/aromatic N) is 1. The van der Waals surface area contributed by atoms with E-state index in [-0.39, 0.29) is 28.3 Å². The van der Waals surface area contributed by atoms with Gasteiger partial charge in [0.15, 0.2) is 9.84 Å². The van der Waals surface area contributed by atoms with Gasteiger partial charge in [0.1, 0.15) is 0 Å². The molecule has 32 heavy (non-hydrogen) atoms. The minimum Gasteiger partial charge on any atom is -0.349 e. The fourth-order valence-corrected chi connectivity index (χ4v) is 6.07. The van der Waals surface area contributed by atoms with Crippen LogP contribution in [0.5, 0.6) is 0 Å². The average Bonchev–Trinajstić information content (AvgIpc) is 2.77. The van der Waals surface area contributed by atoms with E-state index in [0.717, 1.165) is 11.8 Å². The van der Waals surface area contributed by atoms with E-state index in [2.05, 4.69) is 5.32 Å². The Balaban J connectivity index is 1.70. The number of hydrogen-bond acceptors (Lipinski definition) is 5. The second-order valence-electron chi connectivity index (χ2n) is 7.97. The zero-order chi connectivity index (χ0) is 23.5. The summed E-state index contributed by atoms with van der Waals surface area (Å²) >= 11 is 5.86. The van der Waals surface area contributed by atoms with Crippen molar-refractivity contribution in [3.8, 4) is 0 Å². The number of rotatable bonds is 7. The summed E-state index contributed by atoms with van der Waals surface area (Å²) in [5.41, 5.74) is 0.801. The molecule has 0 saturated carbocycles. The Kier molecular flexibility index (Phi) is 7.65. The zero-order valence-electron chi connectivity index (χ0n) is 18.0. The van der Waals surface area contributed by atoms with E-state index in [0.29, 0.717) is 30.8 Å². The Morgan fingerprint density at radius 3 is 2.22 bits per heavy atom. The van der Waals surface area contributed by atoms with Gasteiger partial charge in [0.25, 0.3) is 0 Å². The largest absolute Gasteiger partial charge is 0.349 e. The maximum atomic E-state index is 13.0. The molecule has 10 heteroatoms. The molecule has 0 radical (unpaired) electrons. The minimum atomic E-state index is -3.71. The van der Waals surface area contributed by atoms with Crippen molar-refractivity contribution in [1.82, 2.24) is 9.62 Å². The summed E-state index contributed by atoms with van der Waals surface area (Å²) in [6.45, 7) is 2.40. The molecule has 0 unspecified atom stereocenters. The number of benzene rings is 2. The number of hydrogen-bond donors (Lipinski definition) is 1. The second-order valence-corrected chi connectivity index (χ2v) is 12.4. The van der Waals surface area contributed by atoms with Gasteiger partial charge in [-0.1, -0.05) is 30.7 Å². The number of carbonyl (C=O) groups is 1. The topological polar surface area (TPSA) is 101 Å². The molecule has 3 rings (SSSR count). The van der Waals surface area contributed by atoms with Gasteiger partial charge in [-0.3, -0.25) is 4.79 Å². The Bertz CT molecular complexity index is 1160. The van der Waals surface area contributed by atoms with Crippen molar-refractivity contribution >= 4 is 37.4 Å². The highest BCUT2D eigenvalue weighted by atomic mass is 35.5. The standard InChI is InChI=1S/C22H27ClN2O5S2/c1-3-21(16-6-10-19(11-7-16)31(2,27)28)24-22(26)17-5-4-14-25(15-17)32(29,30)20-12-8-18(23)9-13-20/h6-13,17,21H,3-5,14-15H2,1-2H3,(H,24,26)/t17-,21-/m1/s1. The molecule has 0 aromatic heterocycles. The van der Waals surface area contributed by atoms with Gasteiger partial charge in [0.05, 0.1) is 21.8 Å². The minimum absolute atomic E-state index is 0.111. The normalized spacial score (nSPS) is 18.8. The highest BCUT2D eigenvalue weighted by Crippen LogP contribution is 2.26. The monoisotopic (exact) mass is 498 g/mol. The molecule has 2 atom stereocenters. The fourth-order valence-electron chi connectivity index (χ4n) is 3.79. The molecular formula is C22H27ClN2O5S2. The lowest BCUT2D eigenvalue weighted by molar-refractivity contribution is -0.126. The number of nitrogens with one attached hydrogen (secondary N) is 1. The van der Waals surface area contributed by atoms with Gasteiger partial charge < -0.3 is 5.32 Å². The van der Waals surface area contributed by atoms with E-state index in [9.17, 15) is 21.6 Å². The van der Waals surface area contributed by atoms with Crippen molar-refractivity contribution in [1.29, 1.82) is 0 Å². The van der Waals surface area contributed by atoms with Crippen LogP contribution in [0.3, 0.4) is 0 Å². The average molecular weight is 499 g/mol. The van der Waals surface area contributed by atoms with Gasteiger partial charge in [0.2, 0.25) is 15.9 Å². The van der Waals surface area contributed by atoms with Gasteiger partial charge in [0, 0.05) is 24.4 Å². The third kappa shape index (κ3) is 5.70. The van der Waals surface area contributed by atoms with Crippen molar-refractivity contribution < 1.29 is 21.6 Å². The number of piperidine rings is 1. The van der Waals surface area contributed by atoms with Gasteiger partial charge in [-0.25, -0.2) is 16.8 Å². The molecule has 1 aliphatic rings. The SMILES string of the molecule is CC[C@@H](NC(=O)[C@@H]1CCCN(S(=O)(=O)c2ccc(Cl)cc2)C1)c1ccc(S(C)(=O)=O)cc1. The number of halogens is 1. The predicted octanol–water partition coefficient (Wildman–Crippen LogP) is 3.41. The van der Waals surface area contributed by atoms with Crippen LogP contribution in [0.2, 0.25) is 5.02 Å². The second kappa shape index (κ2) is 9.91. The Morgan fingerprint density at radius 2 is 1.66 bits per heavy atom. The molecule has 174 valence electrons. The third-order valence-corrected chi connectivity index (χ3v) is 8.90. The lowest BCUT2D eigenvalue weighted by atomic mass is 9.97. The number of sulfone groups is 1. The summed E-state index contributed by atoms with van der Waals surface area (Å²) in [6.07, 6.45) is 2.95. The number of amides is 1. The maximum absolute atomic E-state index is 13.0. The smallest absolute Gasteiger partial charge is 0.243 e. The van der Waals surface area contributed by atoms with Crippen molar-refractivity contribution in [3.05, 3.63) is 59.1 Å². The van der Waals surface area contributed by atoms with E-state index < -0.39 is 25.8 Å². The Morgan fingerprint density at radius 1 is 1.06 bits per heavy atom. The van der Waals surface area contributed by atoms with Crippen LogP contribution in [0.4, 0.5) is 0 Å². The maximum Gasteiger partial charge on any atom is 0.243 e. The summed E-state index contributed by atoms with van der Waals surface area (Å²) in [4.78, 5) is 13.3. The van der Waals surface area contributed by atoms with Crippen LogP contribution < -0.4 is 5.32 Å². The molecular weight excluding hydrogens is 472 g/mol. The van der Waals surface area contributed by atoms with E-state index in [1.165, 1.54) is 40.7 Å². The number of sulfonamides is 1. The van der Waals surface area contributed by atoms with Crippen LogP contribution in [-0.4, -0.2) is 46.4 Å². The molecule has 1 heterocycles. The summed E-state index contributed by atoms with van der Waals surface area (Å²) in [7, 11) is -7.01. The van der Waals surface area contributed by atoms with Gasteiger partial charge >= 0.3 is 0 Å². The highest BCUT2D eigenvalue weighted by molar-refractivity contribution is 7.90. The van der Waals surface area contributed by atoms with E-state index in [1.54, 1.807) is 12.1 Å². The van der Waals surface area contributed by atoms with Crippen molar-refractivity contribution in [2.24, 2.45) is 5.92 Å². The molecule has 1 N–H and O–H groups in total. The first-order valence-corrected chi connectivity index (χ1v) is 14.1. The first-order valence-electron chi connectivity index (χ1n) is 10.4. The van der Waals surface area contributed by atoms with Gasteiger partial charge in [-0.15, -0.1) is 0 Å². The number of carbonyl (C=O) groups excluding carboxylic acids is 1.